The molecular weight excluding hydrogens is 353 g/mol. The van der Waals surface area contributed by atoms with Crippen LogP contribution in [0.2, 0.25) is 0 Å². The Bertz CT molecular complexity index is 927. The predicted octanol–water partition coefficient (Wildman–Crippen LogP) is 3.42. The third kappa shape index (κ3) is 4.69. The Balaban J connectivity index is 1.99. The second-order valence-corrected chi connectivity index (χ2v) is 5.94. The van der Waals surface area contributed by atoms with Gasteiger partial charge in [0.1, 0.15) is 0 Å². The fourth-order valence-corrected chi connectivity index (χ4v) is 2.76. The molecule has 0 radical (unpaired) electrons. The zero-order valence-corrected chi connectivity index (χ0v) is 15.5. The first kappa shape index (κ1) is 20.1. The molecule has 2 rings (SSSR count). The number of Topliss-reactive ketones (excluding diaryl/α,β-unsaturated/α-hetero) is 2. The number of methoxy groups -OCH3 is 1. The number of carbonyl (C=O) groups excluding carboxylic acids is 3. The van der Waals surface area contributed by atoms with Gasteiger partial charge in [-0.1, -0.05) is 6.07 Å². The Labute approximate surface area is 156 Å². The molecule has 0 atom stereocenters. The molecule has 0 unspecified atom stereocenters. The molecule has 142 valence electrons. The molecule has 6 nitrogen and oxygen atoms in total. The van der Waals surface area contributed by atoms with Gasteiger partial charge in [-0.25, -0.2) is 9.18 Å². The number of aryl methyl sites for hydroxylation is 1. The summed E-state index contributed by atoms with van der Waals surface area (Å²) in [4.78, 5) is 38.5. The van der Waals surface area contributed by atoms with E-state index in [9.17, 15) is 18.8 Å². The van der Waals surface area contributed by atoms with Crippen molar-refractivity contribution in [3.63, 3.8) is 0 Å². The van der Waals surface area contributed by atoms with Crippen molar-refractivity contribution in [1.29, 1.82) is 0 Å². The van der Waals surface area contributed by atoms with Crippen LogP contribution in [0.5, 0.6) is 5.75 Å². The number of rotatable bonds is 7. The molecule has 0 aliphatic rings. The Hall–Kier alpha value is -3.22. The quantitative estimate of drug-likeness (QED) is 0.457. The molecule has 2 aromatic rings. The molecule has 1 aromatic carbocycles. The van der Waals surface area contributed by atoms with Crippen molar-refractivity contribution in [3.05, 3.63) is 58.2 Å². The fraction of sp³-hybridized carbons (Fsp3) is 0.250. The van der Waals surface area contributed by atoms with Gasteiger partial charge in [-0.05, 0) is 50.1 Å². The number of hydrogen-bond acceptors (Lipinski definition) is 5. The lowest BCUT2D eigenvalue weighted by molar-refractivity contribution is -0.136. The van der Waals surface area contributed by atoms with Gasteiger partial charge in [0.05, 0.1) is 12.8 Å². The van der Waals surface area contributed by atoms with Crippen LogP contribution in [-0.2, 0) is 9.53 Å². The monoisotopic (exact) mass is 373 g/mol. The molecule has 0 saturated heterocycles. The standard InChI is InChI=1S/C20H20FNO5/c1-11-19(13(3)23)12(2)22-20(11)16(24)10-27-18(25)8-6-14-5-7-17(26-4)15(21)9-14/h5-9,22H,10H2,1-4H3/b8-6+. The van der Waals surface area contributed by atoms with Gasteiger partial charge < -0.3 is 14.5 Å². The number of H-pyrrole nitrogens is 1. The van der Waals surface area contributed by atoms with E-state index in [-0.39, 0.29) is 17.2 Å². The van der Waals surface area contributed by atoms with E-state index in [0.717, 1.165) is 6.08 Å². The summed E-state index contributed by atoms with van der Waals surface area (Å²) >= 11 is 0. The predicted molar refractivity (Wildman–Crippen MR) is 97.5 cm³/mol. The third-order valence-corrected chi connectivity index (χ3v) is 4.00. The first-order valence-electron chi connectivity index (χ1n) is 8.16. The maximum Gasteiger partial charge on any atom is 0.331 e. The molecule has 0 bridgehead atoms. The Morgan fingerprint density at radius 3 is 2.48 bits per heavy atom. The van der Waals surface area contributed by atoms with E-state index >= 15 is 0 Å². The average Bonchev–Trinajstić information content (AvgIpc) is 2.92. The summed E-state index contributed by atoms with van der Waals surface area (Å²) in [7, 11) is 1.36. The van der Waals surface area contributed by atoms with E-state index in [1.807, 2.05) is 0 Å². The minimum absolute atomic E-state index is 0.0989. The summed E-state index contributed by atoms with van der Waals surface area (Å²) in [6, 6.07) is 4.22. The van der Waals surface area contributed by atoms with Crippen molar-refractivity contribution in [2.24, 2.45) is 0 Å². The molecule has 0 aliphatic carbocycles. The molecule has 1 aromatic heterocycles. The van der Waals surface area contributed by atoms with Crippen LogP contribution in [-0.4, -0.2) is 36.2 Å². The zero-order valence-electron chi connectivity index (χ0n) is 15.5. The number of ether oxygens (including phenoxy) is 2. The number of carbonyl (C=O) groups is 3. The van der Waals surface area contributed by atoms with Crippen LogP contribution in [0.4, 0.5) is 4.39 Å². The van der Waals surface area contributed by atoms with Crippen molar-refractivity contribution >= 4 is 23.6 Å². The molecule has 1 heterocycles. The van der Waals surface area contributed by atoms with E-state index in [0.29, 0.717) is 22.4 Å². The highest BCUT2D eigenvalue weighted by Crippen LogP contribution is 2.20. The van der Waals surface area contributed by atoms with Crippen molar-refractivity contribution in [1.82, 2.24) is 4.98 Å². The fourth-order valence-electron chi connectivity index (χ4n) is 2.76. The Kier molecular flexibility index (Phi) is 6.28. The number of ketones is 2. The van der Waals surface area contributed by atoms with Crippen molar-refractivity contribution < 1.29 is 28.2 Å². The minimum atomic E-state index is -0.743. The van der Waals surface area contributed by atoms with Gasteiger partial charge in [-0.15, -0.1) is 0 Å². The van der Waals surface area contributed by atoms with Crippen LogP contribution in [0.1, 0.15) is 44.6 Å². The number of halogens is 1. The van der Waals surface area contributed by atoms with E-state index in [1.54, 1.807) is 19.9 Å². The van der Waals surface area contributed by atoms with Crippen LogP contribution in [0.25, 0.3) is 6.08 Å². The molecule has 1 N–H and O–H groups in total. The molecule has 0 spiro atoms. The van der Waals surface area contributed by atoms with Crippen LogP contribution >= 0.6 is 0 Å². The lowest BCUT2D eigenvalue weighted by atomic mass is 10.1. The van der Waals surface area contributed by atoms with E-state index in [2.05, 4.69) is 4.98 Å². The van der Waals surface area contributed by atoms with Gasteiger partial charge in [-0.2, -0.15) is 0 Å². The first-order valence-corrected chi connectivity index (χ1v) is 8.16. The van der Waals surface area contributed by atoms with Gasteiger partial charge in [0, 0.05) is 17.3 Å². The summed E-state index contributed by atoms with van der Waals surface area (Å²) in [6.07, 6.45) is 2.47. The smallest absolute Gasteiger partial charge is 0.331 e. The van der Waals surface area contributed by atoms with E-state index in [4.69, 9.17) is 9.47 Å². The Morgan fingerprint density at radius 2 is 1.93 bits per heavy atom. The van der Waals surface area contributed by atoms with Gasteiger partial charge in [0.15, 0.2) is 24.0 Å². The highest BCUT2D eigenvalue weighted by molar-refractivity contribution is 6.04. The highest BCUT2D eigenvalue weighted by atomic mass is 19.1. The number of benzene rings is 1. The highest BCUT2D eigenvalue weighted by Gasteiger charge is 2.20. The summed E-state index contributed by atoms with van der Waals surface area (Å²) in [5, 5.41) is 0. The number of nitrogens with one attached hydrogen (secondary N) is 1. The normalized spacial score (nSPS) is 10.9. The number of esters is 1. The van der Waals surface area contributed by atoms with Crippen LogP contribution < -0.4 is 4.74 Å². The minimum Gasteiger partial charge on any atom is -0.494 e. The summed E-state index contributed by atoms with van der Waals surface area (Å²) in [5.41, 5.74) is 2.28. The molecule has 0 aliphatic heterocycles. The second kappa shape index (κ2) is 8.44. The van der Waals surface area contributed by atoms with Crippen molar-refractivity contribution in [2.75, 3.05) is 13.7 Å². The number of hydrogen-bond donors (Lipinski definition) is 1. The number of aromatic amines is 1. The molecule has 0 fully saturated rings. The topological polar surface area (TPSA) is 85.5 Å². The maximum atomic E-state index is 13.6. The van der Waals surface area contributed by atoms with Gasteiger partial charge in [-0.3, -0.25) is 9.59 Å². The zero-order chi connectivity index (χ0) is 20.1. The average molecular weight is 373 g/mol. The molecular formula is C20H20FNO5. The largest absolute Gasteiger partial charge is 0.494 e. The SMILES string of the molecule is COc1ccc(/C=C/C(=O)OCC(=O)c2[nH]c(C)c(C(C)=O)c2C)cc1F. The number of aromatic nitrogens is 1. The molecule has 7 heteroatoms. The van der Waals surface area contributed by atoms with Crippen LogP contribution in [0.15, 0.2) is 24.3 Å². The first-order chi connectivity index (χ1) is 12.7. The van der Waals surface area contributed by atoms with Crippen molar-refractivity contribution in [3.8, 4) is 5.75 Å². The summed E-state index contributed by atoms with van der Waals surface area (Å²) < 4.78 is 23.3. The maximum absolute atomic E-state index is 13.6. The van der Waals surface area contributed by atoms with Crippen LogP contribution in [0.3, 0.4) is 0 Å². The van der Waals surface area contributed by atoms with Crippen molar-refractivity contribution in [2.45, 2.75) is 20.8 Å². The lowest BCUT2D eigenvalue weighted by Crippen LogP contribution is -2.14. The van der Waals surface area contributed by atoms with E-state index in [1.165, 1.54) is 32.2 Å². The lowest BCUT2D eigenvalue weighted by Gasteiger charge is -2.03. The molecule has 0 saturated carbocycles. The molecule has 27 heavy (non-hydrogen) atoms. The van der Waals surface area contributed by atoms with Crippen LogP contribution in [0, 0.1) is 19.7 Å². The Morgan fingerprint density at radius 1 is 1.22 bits per heavy atom. The second-order valence-electron chi connectivity index (χ2n) is 5.94. The van der Waals surface area contributed by atoms with Gasteiger partial charge in [0.25, 0.3) is 0 Å². The third-order valence-electron chi connectivity index (χ3n) is 4.00. The molecule has 0 amide bonds. The summed E-state index contributed by atoms with van der Waals surface area (Å²) in [6.45, 7) is 4.30. The van der Waals surface area contributed by atoms with Gasteiger partial charge >= 0.3 is 5.97 Å². The summed E-state index contributed by atoms with van der Waals surface area (Å²) in [5.74, 6) is -1.79. The van der Waals surface area contributed by atoms with E-state index < -0.39 is 24.2 Å². The van der Waals surface area contributed by atoms with Gasteiger partial charge in [0.2, 0.25) is 5.78 Å².